The number of esters is 1. The average Bonchev–Trinajstić information content (AvgIpc) is 2.47. The predicted molar refractivity (Wildman–Crippen MR) is 74.8 cm³/mol. The molecule has 0 aromatic heterocycles. The summed E-state index contributed by atoms with van der Waals surface area (Å²) in [5.41, 5.74) is 1.98. The van der Waals surface area contributed by atoms with E-state index < -0.39 is 0 Å². The summed E-state index contributed by atoms with van der Waals surface area (Å²) in [5, 5.41) is 10.9. The van der Waals surface area contributed by atoms with E-state index in [-0.39, 0.29) is 22.5 Å². The van der Waals surface area contributed by atoms with Crippen LogP contribution >= 0.6 is 0 Å². The number of carbonyl (C=O) groups is 1. The summed E-state index contributed by atoms with van der Waals surface area (Å²) in [6.07, 6.45) is 1.43. The molecule has 1 saturated heterocycles. The summed E-state index contributed by atoms with van der Waals surface area (Å²) in [6.45, 7) is 3.36. The third kappa shape index (κ3) is 2.89. The van der Waals surface area contributed by atoms with Crippen LogP contribution in [0.2, 0.25) is 0 Å². The maximum atomic E-state index is 11.5. The topological polar surface area (TPSA) is 72.7 Å². The third-order valence-corrected chi connectivity index (χ3v) is 3.77. The Morgan fingerprint density at radius 1 is 1.40 bits per heavy atom. The molecule has 1 aliphatic heterocycles. The highest BCUT2D eigenvalue weighted by Crippen LogP contribution is 2.29. The number of methoxy groups -OCH3 is 1. The van der Waals surface area contributed by atoms with Crippen molar-refractivity contribution >= 4 is 17.3 Å². The van der Waals surface area contributed by atoms with E-state index in [1.165, 1.54) is 13.2 Å². The van der Waals surface area contributed by atoms with Crippen LogP contribution in [-0.2, 0) is 9.53 Å². The molecule has 20 heavy (non-hydrogen) atoms. The lowest BCUT2D eigenvalue weighted by molar-refractivity contribution is -0.384. The molecule has 1 aromatic rings. The Balaban J connectivity index is 2.12. The molecule has 0 unspecified atom stereocenters. The highest BCUT2D eigenvalue weighted by atomic mass is 16.6. The molecule has 0 atom stereocenters. The molecule has 6 nitrogen and oxygen atoms in total. The van der Waals surface area contributed by atoms with Crippen molar-refractivity contribution in [1.82, 2.24) is 0 Å². The van der Waals surface area contributed by atoms with Crippen LogP contribution < -0.4 is 4.90 Å². The molecule has 0 aliphatic carbocycles. The van der Waals surface area contributed by atoms with Gasteiger partial charge >= 0.3 is 5.97 Å². The van der Waals surface area contributed by atoms with Crippen molar-refractivity contribution in [3.05, 3.63) is 33.9 Å². The van der Waals surface area contributed by atoms with Gasteiger partial charge in [0.1, 0.15) is 0 Å². The fourth-order valence-electron chi connectivity index (χ4n) is 2.57. The highest BCUT2D eigenvalue weighted by molar-refractivity contribution is 5.73. The lowest BCUT2D eigenvalue weighted by Crippen LogP contribution is -2.37. The van der Waals surface area contributed by atoms with Crippen molar-refractivity contribution in [2.75, 3.05) is 25.1 Å². The average molecular weight is 278 g/mol. The normalized spacial score (nSPS) is 16.0. The Bertz CT molecular complexity index is 522. The van der Waals surface area contributed by atoms with Gasteiger partial charge in [-0.1, -0.05) is 6.07 Å². The number of hydrogen-bond donors (Lipinski definition) is 0. The van der Waals surface area contributed by atoms with Crippen LogP contribution in [0.25, 0.3) is 0 Å². The number of aryl methyl sites for hydroxylation is 1. The predicted octanol–water partition coefficient (Wildman–Crippen LogP) is 2.29. The number of nitrogens with zero attached hydrogens (tertiary/aromatic N) is 2. The van der Waals surface area contributed by atoms with Crippen LogP contribution in [0.3, 0.4) is 0 Å². The van der Waals surface area contributed by atoms with Crippen LogP contribution in [0.5, 0.6) is 0 Å². The van der Waals surface area contributed by atoms with Crippen molar-refractivity contribution < 1.29 is 14.5 Å². The van der Waals surface area contributed by atoms with Crippen LogP contribution in [0.15, 0.2) is 18.2 Å². The second-order valence-corrected chi connectivity index (χ2v) is 5.01. The summed E-state index contributed by atoms with van der Waals surface area (Å²) in [7, 11) is 1.40. The quantitative estimate of drug-likeness (QED) is 0.482. The molecular weight excluding hydrogens is 260 g/mol. The van der Waals surface area contributed by atoms with Crippen molar-refractivity contribution in [1.29, 1.82) is 0 Å². The molecule has 0 amide bonds. The van der Waals surface area contributed by atoms with Gasteiger partial charge in [-0.2, -0.15) is 0 Å². The molecule has 0 N–H and O–H groups in total. The first-order chi connectivity index (χ1) is 9.52. The number of hydrogen-bond acceptors (Lipinski definition) is 5. The standard InChI is InChI=1S/C14H18N2O4/c1-10-3-4-12(16(18)19)9-13(10)15-7-5-11(6-8-15)14(17)20-2/h3-4,9,11H,5-8H2,1-2H3. The van der Waals surface area contributed by atoms with Gasteiger partial charge in [0.15, 0.2) is 0 Å². The van der Waals surface area contributed by atoms with E-state index in [0.29, 0.717) is 13.1 Å². The minimum absolute atomic E-state index is 0.0599. The molecule has 1 aromatic carbocycles. The monoisotopic (exact) mass is 278 g/mol. The van der Waals surface area contributed by atoms with Crippen molar-refractivity contribution in [2.24, 2.45) is 5.92 Å². The first kappa shape index (κ1) is 14.3. The highest BCUT2D eigenvalue weighted by Gasteiger charge is 2.26. The Morgan fingerprint density at radius 3 is 2.60 bits per heavy atom. The number of rotatable bonds is 3. The molecule has 1 fully saturated rings. The van der Waals surface area contributed by atoms with E-state index in [9.17, 15) is 14.9 Å². The Kier molecular flexibility index (Phi) is 4.22. The molecule has 1 heterocycles. The number of piperidine rings is 1. The number of ether oxygens (including phenoxy) is 1. The molecule has 6 heteroatoms. The van der Waals surface area contributed by atoms with Crippen molar-refractivity contribution in [3.8, 4) is 0 Å². The first-order valence-electron chi connectivity index (χ1n) is 6.60. The molecule has 0 spiro atoms. The Morgan fingerprint density at radius 2 is 2.05 bits per heavy atom. The van der Waals surface area contributed by atoms with Crippen LogP contribution in [0.4, 0.5) is 11.4 Å². The van der Waals surface area contributed by atoms with Gasteiger partial charge < -0.3 is 9.64 Å². The molecule has 2 rings (SSSR count). The van der Waals surface area contributed by atoms with Crippen LogP contribution in [0.1, 0.15) is 18.4 Å². The van der Waals surface area contributed by atoms with Gasteiger partial charge in [0.05, 0.1) is 18.0 Å². The van der Waals surface area contributed by atoms with E-state index in [4.69, 9.17) is 4.74 Å². The zero-order chi connectivity index (χ0) is 14.7. The summed E-state index contributed by atoms with van der Waals surface area (Å²) < 4.78 is 4.76. The Hall–Kier alpha value is -2.11. The zero-order valence-electron chi connectivity index (χ0n) is 11.7. The van der Waals surface area contributed by atoms with E-state index in [1.54, 1.807) is 12.1 Å². The van der Waals surface area contributed by atoms with Gasteiger partial charge in [-0.15, -0.1) is 0 Å². The number of anilines is 1. The smallest absolute Gasteiger partial charge is 0.308 e. The second kappa shape index (κ2) is 5.90. The van der Waals surface area contributed by atoms with Crippen LogP contribution in [0, 0.1) is 23.0 Å². The number of carbonyl (C=O) groups excluding carboxylic acids is 1. The molecular formula is C14H18N2O4. The zero-order valence-corrected chi connectivity index (χ0v) is 11.7. The summed E-state index contributed by atoms with van der Waals surface area (Å²) in [4.78, 5) is 24.1. The van der Waals surface area contributed by atoms with Crippen molar-refractivity contribution in [2.45, 2.75) is 19.8 Å². The minimum Gasteiger partial charge on any atom is -0.469 e. The first-order valence-corrected chi connectivity index (χ1v) is 6.60. The fraction of sp³-hybridized carbons (Fsp3) is 0.500. The summed E-state index contributed by atoms with van der Waals surface area (Å²) in [6, 6.07) is 4.88. The molecule has 1 aliphatic rings. The summed E-state index contributed by atoms with van der Waals surface area (Å²) >= 11 is 0. The fourth-order valence-corrected chi connectivity index (χ4v) is 2.57. The van der Waals surface area contributed by atoms with Gasteiger partial charge in [-0.05, 0) is 25.3 Å². The second-order valence-electron chi connectivity index (χ2n) is 5.01. The number of nitro benzene ring substituents is 1. The lowest BCUT2D eigenvalue weighted by Gasteiger charge is -2.33. The molecule has 0 radical (unpaired) electrons. The largest absolute Gasteiger partial charge is 0.469 e. The number of benzene rings is 1. The van der Waals surface area contributed by atoms with Crippen LogP contribution in [-0.4, -0.2) is 31.1 Å². The maximum Gasteiger partial charge on any atom is 0.308 e. The molecule has 0 saturated carbocycles. The van der Waals surface area contributed by atoms with E-state index in [1.807, 2.05) is 6.92 Å². The number of nitro groups is 1. The van der Waals surface area contributed by atoms with Gasteiger partial charge in [0.2, 0.25) is 0 Å². The molecule has 0 bridgehead atoms. The van der Waals surface area contributed by atoms with Gasteiger partial charge in [-0.3, -0.25) is 14.9 Å². The van der Waals surface area contributed by atoms with Crippen molar-refractivity contribution in [3.63, 3.8) is 0 Å². The third-order valence-electron chi connectivity index (χ3n) is 3.77. The van der Waals surface area contributed by atoms with Gasteiger partial charge in [0, 0.05) is 30.9 Å². The lowest BCUT2D eigenvalue weighted by atomic mass is 9.96. The SMILES string of the molecule is COC(=O)C1CCN(c2cc([N+](=O)[O-])ccc2C)CC1. The maximum absolute atomic E-state index is 11.5. The number of non-ortho nitro benzene ring substituents is 1. The van der Waals surface area contributed by atoms with E-state index in [2.05, 4.69) is 4.90 Å². The van der Waals surface area contributed by atoms with E-state index >= 15 is 0 Å². The van der Waals surface area contributed by atoms with E-state index in [0.717, 1.165) is 24.1 Å². The van der Waals surface area contributed by atoms with Gasteiger partial charge in [0.25, 0.3) is 5.69 Å². The van der Waals surface area contributed by atoms with Gasteiger partial charge in [-0.25, -0.2) is 0 Å². The summed E-state index contributed by atoms with van der Waals surface area (Å²) in [5.74, 6) is -0.226. The minimum atomic E-state index is -0.385. The Labute approximate surface area is 117 Å². The molecule has 108 valence electrons.